The third-order valence-electron chi connectivity index (χ3n) is 16.6. The van der Waals surface area contributed by atoms with Gasteiger partial charge < -0.3 is 58.4 Å². The molecule has 0 atom stereocenters. The summed E-state index contributed by atoms with van der Waals surface area (Å²) in [4.78, 5) is 50.2. The molecule has 0 radical (unpaired) electrons. The zero-order chi connectivity index (χ0) is 91.0. The molecule has 128 heavy (non-hydrogen) atoms. The van der Waals surface area contributed by atoms with Crippen molar-refractivity contribution in [2.45, 2.75) is 197 Å². The molecule has 2 amide bonds. The summed E-state index contributed by atoms with van der Waals surface area (Å²) in [6, 6.07) is 61.2. The predicted molar refractivity (Wildman–Crippen MR) is 496 cm³/mol. The largest absolute Gasteiger partial charge is 0.523 e. The minimum Gasteiger partial charge on any atom is -0.444 e. The van der Waals surface area contributed by atoms with Gasteiger partial charge in [-0.2, -0.15) is 21.6 Å². The SMILES string of the molecule is C.C.C.CC(=O)OCn1c(COC(N)=O)nc(C(C)C)c1Sc1cc(Cl)cc(Cl)c1.CC(C)c1nc(COC(N)=O)n(COCP(=O)(OCc2ccccc2)OCc2ccccc2)c1Sc1cc(Cl)cc(Cl)c1.CC(C)c1nc(COCc2ccccc2)n(CO)c1Sc1cc(Cl)cc(Cl)c1.O=P(COS(=O)(=O)C(F)(F)F)(OCc1ccccc1)OCc1ccccc1. The van der Waals surface area contributed by atoms with Crippen LogP contribution in [0.4, 0.5) is 22.8 Å². The van der Waals surface area contributed by atoms with Crippen molar-refractivity contribution in [3.8, 4) is 0 Å². The van der Waals surface area contributed by atoms with Crippen LogP contribution in [0.3, 0.4) is 0 Å². The first kappa shape index (κ1) is 111. The van der Waals surface area contributed by atoms with E-state index in [1.165, 1.54) is 42.2 Å². The average Bonchev–Trinajstić information content (AvgIpc) is 1.66. The molecule has 11 rings (SSSR count). The van der Waals surface area contributed by atoms with Crippen molar-refractivity contribution in [2.24, 2.45) is 11.5 Å². The van der Waals surface area contributed by atoms with Gasteiger partial charge in [-0.05, 0) is 100 Å². The molecule has 0 saturated carbocycles. The molecule has 3 aromatic heterocycles. The van der Waals surface area contributed by atoms with Gasteiger partial charge in [-0.25, -0.2) is 24.5 Å². The molecule has 0 spiro atoms. The molecule has 3 heterocycles. The van der Waals surface area contributed by atoms with Crippen LogP contribution in [0.1, 0.15) is 151 Å². The van der Waals surface area contributed by atoms with Gasteiger partial charge in [-0.15, -0.1) is 0 Å². The molecular formula is C87H101Cl6F3N8O18P2S4. The van der Waals surface area contributed by atoms with Gasteiger partial charge >= 0.3 is 49.0 Å². The van der Waals surface area contributed by atoms with Gasteiger partial charge in [0.15, 0.2) is 38.5 Å². The average molecular weight is 2010 g/mol. The smallest absolute Gasteiger partial charge is 0.444 e. The normalized spacial score (nSPS) is 11.4. The lowest BCUT2D eigenvalue weighted by atomic mass is 10.1. The lowest BCUT2D eigenvalue weighted by Gasteiger charge is -2.20. The van der Waals surface area contributed by atoms with Crippen LogP contribution in [0, 0.1) is 0 Å². The summed E-state index contributed by atoms with van der Waals surface area (Å²) in [5.74, 6) is 1.31. The number of hydrogen-bond acceptors (Lipinski definition) is 24. The maximum absolute atomic E-state index is 13.9. The zero-order valence-electron chi connectivity index (χ0n) is 68.2. The fourth-order valence-corrected chi connectivity index (χ4v) is 19.8. The highest BCUT2D eigenvalue weighted by atomic mass is 35.5. The van der Waals surface area contributed by atoms with Crippen LogP contribution in [-0.2, 0) is 143 Å². The third kappa shape index (κ3) is 36.7. The molecule has 26 nitrogen and oxygen atoms in total. The Hall–Kier alpha value is -7.93. The molecular weight excluding hydrogens is 1900 g/mol. The molecule has 0 saturated heterocycles. The van der Waals surface area contributed by atoms with Crippen molar-refractivity contribution in [1.29, 1.82) is 0 Å². The van der Waals surface area contributed by atoms with Crippen LogP contribution in [0.5, 0.6) is 0 Å². The fraction of sp³-hybridized carbons (Fsp3) is 0.310. The zero-order valence-corrected chi connectivity index (χ0v) is 77.8. The number of rotatable bonds is 39. The first-order valence-corrected chi connectivity index (χ1v) is 47.3. The van der Waals surface area contributed by atoms with Crippen LogP contribution >= 0.6 is 120 Å². The van der Waals surface area contributed by atoms with Crippen LogP contribution in [0.25, 0.3) is 0 Å². The fourth-order valence-electron chi connectivity index (χ4n) is 10.7. The van der Waals surface area contributed by atoms with E-state index in [4.69, 9.17) is 133 Å². The number of alkyl halides is 3. The summed E-state index contributed by atoms with van der Waals surface area (Å²) in [5, 5.41) is 15.4. The first-order chi connectivity index (χ1) is 59.4. The summed E-state index contributed by atoms with van der Waals surface area (Å²) >= 11 is 41.2. The van der Waals surface area contributed by atoms with Crippen molar-refractivity contribution in [2.75, 3.05) is 12.7 Å². The molecule has 0 aliphatic heterocycles. The number of halogens is 9. The highest BCUT2D eigenvalue weighted by molar-refractivity contribution is 7.99. The molecule has 11 aromatic rings. The van der Waals surface area contributed by atoms with E-state index in [0.29, 0.717) is 77.0 Å². The topological polar surface area (TPSA) is 338 Å². The van der Waals surface area contributed by atoms with Gasteiger partial charge in [0.05, 0.1) is 50.1 Å². The summed E-state index contributed by atoms with van der Waals surface area (Å²) in [5.41, 5.74) is 11.0. The number of imidazole rings is 3. The molecule has 0 aliphatic carbocycles. The number of carbonyl (C=O) groups is 3. The van der Waals surface area contributed by atoms with Gasteiger partial charge in [0.1, 0.15) is 46.8 Å². The van der Waals surface area contributed by atoms with E-state index in [-0.39, 0.29) is 106 Å². The Labute approximate surface area is 786 Å². The molecule has 0 fully saturated rings. The van der Waals surface area contributed by atoms with E-state index >= 15 is 0 Å². The molecule has 5 N–H and O–H groups in total. The lowest BCUT2D eigenvalue weighted by molar-refractivity contribution is -0.145. The Morgan fingerprint density at radius 1 is 0.422 bits per heavy atom. The van der Waals surface area contributed by atoms with Crippen molar-refractivity contribution in [3.63, 3.8) is 0 Å². The van der Waals surface area contributed by atoms with Crippen LogP contribution in [0.15, 0.2) is 236 Å². The maximum atomic E-state index is 13.9. The van der Waals surface area contributed by atoms with Crippen molar-refractivity contribution in [3.05, 3.63) is 299 Å². The number of nitrogens with two attached hydrogens (primary N) is 2. The number of hydrogen-bond donors (Lipinski definition) is 3. The highest BCUT2D eigenvalue weighted by Gasteiger charge is 2.49. The second kappa shape index (κ2) is 54.2. The first-order valence-electron chi connectivity index (χ1n) is 37.7. The quantitative estimate of drug-likeness (QED) is 0.0106. The highest BCUT2D eigenvalue weighted by Crippen LogP contribution is 2.52. The van der Waals surface area contributed by atoms with E-state index in [9.17, 15) is 50.2 Å². The molecule has 0 bridgehead atoms. The second-order valence-electron chi connectivity index (χ2n) is 27.5. The molecule has 8 aromatic carbocycles. The minimum absolute atomic E-state index is 0. The third-order valence-corrected chi connectivity index (χ3v) is 25.4. The standard InChI is InChI=1S/C30H32Cl2N3O6PS.C21H22Cl2N2O2S.C17H19Cl2N3O4S.C16H16F3O6PS.3CH4/c1-21(2)28-29(43-26-14-24(31)13-25(32)15-26)35(27(34-28)18-39-30(33)36)19-38-20-42(37,40-16-22-9-5-3-6-10-22)41-17-23-11-7-4-8-12-23;1-14(2)20-21(28-18-9-16(22)8-17(23)10-18)25(13-26)19(24-20)12-27-11-15-6-4-3-5-7-15;1-9(2)15-16(27-13-5-11(18)4-12(19)6-13)22(8-26-10(3)23)14(21-15)7-25-17(20)24;17-16(18,19)27(21,22)25-13-26(20,23-11-14-7-3-1-4-8-14)24-12-15-9-5-2-6-10-15;;;/h3-15,21H,16-20H2,1-2H3,(H2,33,36);3-10,14,26H,11-13H2,1-2H3;4-6,9H,7-8H2,1-3H3,(H2,20,24);1-10H,11-13H2;3*1H4. The monoisotopic (exact) mass is 2000 g/mol. The molecule has 0 unspecified atom stereocenters. The number of carbonyl (C=O) groups excluding carboxylic acids is 3. The van der Waals surface area contributed by atoms with Gasteiger partial charge in [0.2, 0.25) is 0 Å². The lowest BCUT2D eigenvalue weighted by Crippen LogP contribution is -2.26. The Bertz CT molecular complexity index is 5400. The molecule has 0 aliphatic rings. The van der Waals surface area contributed by atoms with E-state index < -0.39 is 55.3 Å². The minimum atomic E-state index is -5.93. The van der Waals surface area contributed by atoms with E-state index in [0.717, 1.165) is 58.5 Å². The van der Waals surface area contributed by atoms with E-state index in [2.05, 4.69) is 23.0 Å². The molecule has 41 heteroatoms. The number of nitrogens with zero attached hydrogens (tertiary/aromatic N) is 6. The number of aliphatic hydroxyl groups excluding tert-OH is 1. The number of aromatic nitrogens is 6. The number of ether oxygens (including phenoxy) is 5. The van der Waals surface area contributed by atoms with E-state index in [1.54, 1.807) is 117 Å². The molecule has 694 valence electrons. The van der Waals surface area contributed by atoms with Gasteiger partial charge in [-0.3, -0.25) is 31.8 Å². The number of amides is 2. The Morgan fingerprint density at radius 2 is 0.703 bits per heavy atom. The van der Waals surface area contributed by atoms with Crippen LogP contribution in [-0.4, -0.2) is 78.5 Å². The number of aliphatic hydroxyl groups is 1. The van der Waals surface area contributed by atoms with Crippen LogP contribution < -0.4 is 11.5 Å². The summed E-state index contributed by atoms with van der Waals surface area (Å²) < 4.78 is 144. The van der Waals surface area contributed by atoms with Crippen LogP contribution in [0.2, 0.25) is 30.1 Å². The predicted octanol–water partition coefficient (Wildman–Crippen LogP) is 25.7. The van der Waals surface area contributed by atoms with Gasteiger partial charge in [-0.1, -0.05) is 320 Å². The van der Waals surface area contributed by atoms with E-state index in [1.807, 2.05) is 131 Å². The summed E-state index contributed by atoms with van der Waals surface area (Å²) in [6.07, 6.45) is -3.59. The van der Waals surface area contributed by atoms with Crippen molar-refractivity contribution < 1.29 is 96.2 Å². The Balaban J connectivity index is 0.000000307. The number of benzene rings is 8. The summed E-state index contributed by atoms with van der Waals surface area (Å²) in [6.45, 7) is 13.1. The maximum Gasteiger partial charge on any atom is 0.523 e. The van der Waals surface area contributed by atoms with Crippen molar-refractivity contribution >= 4 is 148 Å². The second-order valence-corrected chi connectivity index (χ2v) is 38.9. The summed E-state index contributed by atoms with van der Waals surface area (Å²) in [7, 11) is -14.0. The Kier molecular flexibility index (Phi) is 46.8. The Morgan fingerprint density at radius 3 is 0.984 bits per heavy atom. The van der Waals surface area contributed by atoms with Gasteiger partial charge in [0, 0.05) is 51.7 Å². The van der Waals surface area contributed by atoms with Crippen molar-refractivity contribution in [1.82, 2.24) is 28.7 Å². The number of primary amides is 2. The van der Waals surface area contributed by atoms with Gasteiger partial charge in [0.25, 0.3) is 0 Å². The number of esters is 1.